The number of carbonyl (C=O) groups excluding carboxylic acids is 2. The van der Waals surface area contributed by atoms with Crippen molar-refractivity contribution in [1.29, 1.82) is 0 Å². The van der Waals surface area contributed by atoms with Crippen LogP contribution in [0.1, 0.15) is 48.9 Å². The molecule has 0 aliphatic carbocycles. The van der Waals surface area contributed by atoms with Crippen LogP contribution in [0.2, 0.25) is 10.0 Å². The summed E-state index contributed by atoms with van der Waals surface area (Å²) < 4.78 is 17.7. The van der Waals surface area contributed by atoms with Crippen LogP contribution < -0.4 is 14.2 Å². The van der Waals surface area contributed by atoms with Gasteiger partial charge in [0, 0.05) is 5.02 Å². The molecule has 210 valence electrons. The van der Waals surface area contributed by atoms with E-state index >= 15 is 0 Å². The molecule has 0 aromatic heterocycles. The maximum Gasteiger partial charge on any atom is 0.293 e. The van der Waals surface area contributed by atoms with E-state index in [1.165, 1.54) is 4.90 Å². The van der Waals surface area contributed by atoms with Crippen LogP contribution >= 0.6 is 35.0 Å². The van der Waals surface area contributed by atoms with Crippen LogP contribution in [-0.4, -0.2) is 35.8 Å². The number of aryl methyl sites for hydroxylation is 1. The molecule has 3 aromatic carbocycles. The van der Waals surface area contributed by atoms with Gasteiger partial charge in [0.1, 0.15) is 19.0 Å². The fourth-order valence-corrected chi connectivity index (χ4v) is 5.41. The Labute approximate surface area is 249 Å². The van der Waals surface area contributed by atoms with E-state index < -0.39 is 0 Å². The zero-order valence-corrected chi connectivity index (χ0v) is 25.2. The number of thioether (sulfide) groups is 1. The van der Waals surface area contributed by atoms with Crippen molar-refractivity contribution >= 4 is 52.2 Å². The van der Waals surface area contributed by atoms with E-state index in [1.807, 2.05) is 44.2 Å². The van der Waals surface area contributed by atoms with E-state index in [9.17, 15) is 9.59 Å². The fraction of sp³-hybridized carbons (Fsp3) is 0.290. The van der Waals surface area contributed by atoms with Crippen molar-refractivity contribution in [2.75, 3.05) is 19.8 Å². The molecule has 0 N–H and O–H groups in total. The predicted molar refractivity (Wildman–Crippen MR) is 162 cm³/mol. The molecule has 1 fully saturated rings. The van der Waals surface area contributed by atoms with Gasteiger partial charge < -0.3 is 14.2 Å². The lowest BCUT2D eigenvalue weighted by atomic mass is 10.0. The summed E-state index contributed by atoms with van der Waals surface area (Å²) in [5.74, 6) is 1.54. The van der Waals surface area contributed by atoms with Crippen molar-refractivity contribution in [1.82, 2.24) is 4.90 Å². The van der Waals surface area contributed by atoms with Crippen LogP contribution in [0.5, 0.6) is 17.2 Å². The number of rotatable bonds is 11. The van der Waals surface area contributed by atoms with Crippen LogP contribution in [0.25, 0.3) is 6.08 Å². The van der Waals surface area contributed by atoms with Gasteiger partial charge in [0.05, 0.1) is 23.1 Å². The van der Waals surface area contributed by atoms with Gasteiger partial charge in [-0.3, -0.25) is 14.5 Å². The minimum Gasteiger partial charge on any atom is -0.491 e. The van der Waals surface area contributed by atoms with Crippen LogP contribution in [-0.2, 0) is 11.4 Å². The third-order valence-corrected chi connectivity index (χ3v) is 7.60. The predicted octanol–water partition coefficient (Wildman–Crippen LogP) is 8.52. The average Bonchev–Trinajstić information content (AvgIpc) is 3.16. The number of ether oxygens (including phenoxy) is 3. The van der Waals surface area contributed by atoms with Crippen LogP contribution in [0.4, 0.5) is 4.79 Å². The van der Waals surface area contributed by atoms with Crippen LogP contribution in [0, 0.1) is 6.92 Å². The topological polar surface area (TPSA) is 65.1 Å². The highest BCUT2D eigenvalue weighted by atomic mass is 35.5. The number of hydrogen-bond donors (Lipinski definition) is 0. The Morgan fingerprint density at radius 3 is 2.40 bits per heavy atom. The molecular formula is C31H31Cl2NO5S. The Hall–Kier alpha value is -3.13. The van der Waals surface area contributed by atoms with Gasteiger partial charge >= 0.3 is 0 Å². The third-order valence-electron chi connectivity index (χ3n) is 6.16. The molecule has 4 rings (SSSR count). The minimum atomic E-state index is -0.371. The number of benzene rings is 3. The van der Waals surface area contributed by atoms with Crippen LogP contribution in [0.3, 0.4) is 0 Å². The first kappa shape index (κ1) is 29.8. The molecule has 0 radical (unpaired) electrons. The first-order valence-corrected chi connectivity index (χ1v) is 14.6. The summed E-state index contributed by atoms with van der Waals surface area (Å²) in [5, 5.41) is 0.634. The van der Waals surface area contributed by atoms with Gasteiger partial charge in [0.25, 0.3) is 11.1 Å². The van der Waals surface area contributed by atoms with E-state index in [1.54, 1.807) is 30.3 Å². The largest absolute Gasteiger partial charge is 0.491 e. The van der Waals surface area contributed by atoms with E-state index in [4.69, 9.17) is 37.4 Å². The standard InChI is InChI=1S/C31H31Cl2NO5S/c1-5-37-27-16-22(15-25(33)29(27)39-18-21-7-9-23(32)10-8-21)17-28-30(35)34(31(36)40-28)12-13-38-26-14-20(4)6-11-24(26)19(2)3/h6-11,14-17,19H,5,12-13,18H2,1-4H3/b28-17-. The smallest absolute Gasteiger partial charge is 0.293 e. The zero-order valence-electron chi connectivity index (χ0n) is 22.8. The Balaban J connectivity index is 1.46. The lowest BCUT2D eigenvalue weighted by Crippen LogP contribution is -2.32. The van der Waals surface area contributed by atoms with Gasteiger partial charge in [0.15, 0.2) is 11.5 Å². The third kappa shape index (κ3) is 7.33. The lowest BCUT2D eigenvalue weighted by Gasteiger charge is -2.17. The Morgan fingerprint density at radius 2 is 1.70 bits per heavy atom. The summed E-state index contributed by atoms with van der Waals surface area (Å²) in [6, 6.07) is 16.8. The summed E-state index contributed by atoms with van der Waals surface area (Å²) in [7, 11) is 0. The second-order valence-corrected chi connectivity index (χ2v) is 11.4. The fourth-order valence-electron chi connectivity index (χ4n) is 4.15. The van der Waals surface area contributed by atoms with Gasteiger partial charge in [-0.25, -0.2) is 0 Å². The summed E-state index contributed by atoms with van der Waals surface area (Å²) in [6.07, 6.45) is 1.64. The zero-order chi connectivity index (χ0) is 28.8. The first-order chi connectivity index (χ1) is 19.2. The van der Waals surface area contributed by atoms with Crippen LogP contribution in [0.15, 0.2) is 59.5 Å². The Kier molecular flexibility index (Phi) is 10.1. The summed E-state index contributed by atoms with van der Waals surface area (Å²) >= 11 is 13.4. The van der Waals surface area contributed by atoms with Crippen molar-refractivity contribution in [2.24, 2.45) is 0 Å². The maximum absolute atomic E-state index is 13.1. The molecule has 6 nitrogen and oxygen atoms in total. The number of nitrogens with zero attached hydrogens (tertiary/aromatic N) is 1. The van der Waals surface area contributed by atoms with E-state index in [2.05, 4.69) is 13.8 Å². The molecular weight excluding hydrogens is 569 g/mol. The lowest BCUT2D eigenvalue weighted by molar-refractivity contribution is -0.123. The van der Waals surface area contributed by atoms with Gasteiger partial charge in [-0.15, -0.1) is 0 Å². The monoisotopic (exact) mass is 599 g/mol. The molecule has 0 atom stereocenters. The average molecular weight is 601 g/mol. The van der Waals surface area contributed by atoms with Gasteiger partial charge in [-0.2, -0.15) is 0 Å². The summed E-state index contributed by atoms with van der Waals surface area (Å²) in [6.45, 7) is 9.08. The maximum atomic E-state index is 13.1. The molecule has 1 aliphatic heterocycles. The second-order valence-electron chi connectivity index (χ2n) is 9.56. The van der Waals surface area contributed by atoms with Gasteiger partial charge in [-0.05, 0) is 90.2 Å². The van der Waals surface area contributed by atoms with E-state index in [0.717, 1.165) is 34.2 Å². The number of amides is 2. The molecule has 0 saturated carbocycles. The molecule has 1 aliphatic rings. The van der Waals surface area contributed by atoms with E-state index in [-0.39, 0.29) is 30.9 Å². The molecule has 0 unspecified atom stereocenters. The second kappa shape index (κ2) is 13.5. The number of hydrogen-bond acceptors (Lipinski definition) is 6. The van der Waals surface area contributed by atoms with Crippen molar-refractivity contribution in [3.63, 3.8) is 0 Å². The molecule has 9 heteroatoms. The van der Waals surface area contributed by atoms with Crippen molar-refractivity contribution < 1.29 is 23.8 Å². The number of halogens is 2. The number of carbonyl (C=O) groups is 2. The summed E-state index contributed by atoms with van der Waals surface area (Å²) in [4.78, 5) is 27.3. The van der Waals surface area contributed by atoms with Crippen molar-refractivity contribution in [3.8, 4) is 17.2 Å². The van der Waals surface area contributed by atoms with Crippen molar-refractivity contribution in [3.05, 3.63) is 91.8 Å². The molecule has 2 amide bonds. The SMILES string of the molecule is CCOc1cc(/C=C2\SC(=O)N(CCOc3cc(C)ccc3C(C)C)C2=O)cc(Cl)c1OCc1ccc(Cl)cc1. The van der Waals surface area contributed by atoms with E-state index in [0.29, 0.717) is 44.5 Å². The Morgan fingerprint density at radius 1 is 0.950 bits per heavy atom. The molecule has 0 spiro atoms. The first-order valence-electron chi connectivity index (χ1n) is 13.0. The molecule has 0 bridgehead atoms. The molecule has 3 aromatic rings. The Bertz CT molecular complexity index is 1420. The number of imide groups is 1. The van der Waals surface area contributed by atoms with Gasteiger partial charge in [-0.1, -0.05) is 61.3 Å². The normalized spacial score (nSPS) is 14.4. The molecule has 1 heterocycles. The highest BCUT2D eigenvalue weighted by Crippen LogP contribution is 2.39. The summed E-state index contributed by atoms with van der Waals surface area (Å²) in [5.41, 5.74) is 3.71. The molecule has 1 saturated heterocycles. The van der Waals surface area contributed by atoms with Crippen molar-refractivity contribution in [2.45, 2.75) is 40.2 Å². The highest BCUT2D eigenvalue weighted by molar-refractivity contribution is 8.18. The minimum absolute atomic E-state index is 0.149. The highest BCUT2D eigenvalue weighted by Gasteiger charge is 2.35. The quantitative estimate of drug-likeness (QED) is 0.206. The van der Waals surface area contributed by atoms with Gasteiger partial charge in [0.2, 0.25) is 0 Å². The molecule has 40 heavy (non-hydrogen) atoms.